The Hall–Kier alpha value is -3.22. The van der Waals surface area contributed by atoms with E-state index in [0.29, 0.717) is 17.1 Å². The van der Waals surface area contributed by atoms with Gasteiger partial charge >= 0.3 is 0 Å². The molecule has 2 aromatic carbocycles. The molecule has 0 radical (unpaired) electrons. The fraction of sp³-hybridized carbons (Fsp3) is 0.240. The van der Waals surface area contributed by atoms with Crippen LogP contribution in [0.2, 0.25) is 5.02 Å². The van der Waals surface area contributed by atoms with Crippen molar-refractivity contribution in [2.75, 3.05) is 19.7 Å². The third-order valence-electron chi connectivity index (χ3n) is 6.04. The van der Waals surface area contributed by atoms with Gasteiger partial charge in [-0.15, -0.1) is 0 Å². The van der Waals surface area contributed by atoms with E-state index in [-0.39, 0.29) is 19.1 Å². The van der Waals surface area contributed by atoms with Gasteiger partial charge in [-0.1, -0.05) is 41.9 Å². The van der Waals surface area contributed by atoms with Gasteiger partial charge in [-0.2, -0.15) is 0 Å². The minimum Gasteiger partial charge on any atom is -0.367 e. The standard InChI is InChI=1S/C25H22ClN3O3/c26-17-8-5-15(6-9-17)13-16-7-10-19-22(18-3-1-2-4-20(18)28-23(16)19)25(31)29-11-12-32-21(14-29)24(27)30/h1-6,8-9,13,21H,7,10-12,14H2,(H2,27,30)/b16-13-. The van der Waals surface area contributed by atoms with Crippen LogP contribution in [0.3, 0.4) is 0 Å². The molecule has 0 bridgehead atoms. The number of morpholine rings is 1. The van der Waals surface area contributed by atoms with Gasteiger partial charge in [-0.05, 0) is 53.8 Å². The van der Waals surface area contributed by atoms with Crippen molar-refractivity contribution >= 4 is 46.0 Å². The molecule has 0 spiro atoms. The van der Waals surface area contributed by atoms with Gasteiger partial charge in [0, 0.05) is 17.0 Å². The number of benzene rings is 2. The number of aromatic nitrogens is 1. The Balaban J connectivity index is 1.60. The summed E-state index contributed by atoms with van der Waals surface area (Å²) < 4.78 is 5.43. The summed E-state index contributed by atoms with van der Waals surface area (Å²) in [4.78, 5) is 31.9. The number of amides is 2. The number of pyridine rings is 1. The highest BCUT2D eigenvalue weighted by Gasteiger charge is 2.33. The lowest BCUT2D eigenvalue weighted by atomic mass is 9.99. The normalized spacial score (nSPS) is 19.3. The molecule has 1 saturated heterocycles. The summed E-state index contributed by atoms with van der Waals surface area (Å²) >= 11 is 6.02. The maximum atomic E-state index is 13.7. The number of ether oxygens (including phenoxy) is 1. The highest BCUT2D eigenvalue weighted by molar-refractivity contribution is 6.30. The number of carbonyl (C=O) groups excluding carboxylic acids is 2. The molecule has 32 heavy (non-hydrogen) atoms. The average molecular weight is 448 g/mol. The average Bonchev–Trinajstić information content (AvgIpc) is 3.20. The van der Waals surface area contributed by atoms with E-state index in [4.69, 9.17) is 27.1 Å². The minimum atomic E-state index is -0.783. The smallest absolute Gasteiger partial charge is 0.255 e. The lowest BCUT2D eigenvalue weighted by Crippen LogP contribution is -2.50. The zero-order chi connectivity index (χ0) is 22.2. The van der Waals surface area contributed by atoms with E-state index >= 15 is 0 Å². The zero-order valence-corrected chi connectivity index (χ0v) is 18.1. The van der Waals surface area contributed by atoms with Crippen molar-refractivity contribution in [3.8, 4) is 0 Å². The predicted molar refractivity (Wildman–Crippen MR) is 124 cm³/mol. The number of halogens is 1. The third kappa shape index (κ3) is 3.76. The van der Waals surface area contributed by atoms with Crippen LogP contribution >= 0.6 is 11.6 Å². The van der Waals surface area contributed by atoms with Crippen LogP contribution in [0.25, 0.3) is 22.6 Å². The summed E-state index contributed by atoms with van der Waals surface area (Å²) in [5.41, 5.74) is 10.8. The number of nitrogens with zero attached hydrogens (tertiary/aromatic N) is 2. The van der Waals surface area contributed by atoms with E-state index in [2.05, 4.69) is 6.08 Å². The van der Waals surface area contributed by atoms with E-state index in [1.54, 1.807) is 4.90 Å². The Morgan fingerprint density at radius 2 is 1.91 bits per heavy atom. The van der Waals surface area contributed by atoms with E-state index < -0.39 is 12.0 Å². The molecule has 3 aromatic rings. The number of hydrogen-bond acceptors (Lipinski definition) is 4. The van der Waals surface area contributed by atoms with Crippen molar-refractivity contribution in [3.63, 3.8) is 0 Å². The molecule has 162 valence electrons. The molecule has 7 heteroatoms. The molecule has 2 amide bonds. The van der Waals surface area contributed by atoms with E-state index in [0.717, 1.165) is 46.1 Å². The van der Waals surface area contributed by atoms with E-state index in [9.17, 15) is 9.59 Å². The Bertz CT molecular complexity index is 1250. The van der Waals surface area contributed by atoms with Gasteiger partial charge in [0.1, 0.15) is 0 Å². The lowest BCUT2D eigenvalue weighted by molar-refractivity contribution is -0.133. The predicted octanol–water partition coefficient (Wildman–Crippen LogP) is 3.70. The second-order valence-electron chi connectivity index (χ2n) is 8.07. The van der Waals surface area contributed by atoms with Crippen molar-refractivity contribution in [3.05, 3.63) is 75.9 Å². The molecule has 2 heterocycles. The van der Waals surface area contributed by atoms with Crippen LogP contribution in [0, 0.1) is 0 Å². The Labute approximate surface area is 190 Å². The maximum Gasteiger partial charge on any atom is 0.255 e. The highest BCUT2D eigenvalue weighted by atomic mass is 35.5. The van der Waals surface area contributed by atoms with Gasteiger partial charge in [-0.25, -0.2) is 4.98 Å². The maximum absolute atomic E-state index is 13.7. The summed E-state index contributed by atoms with van der Waals surface area (Å²) in [5.74, 6) is -0.664. The van der Waals surface area contributed by atoms with Crippen molar-refractivity contribution in [2.45, 2.75) is 18.9 Å². The molecule has 6 nitrogen and oxygen atoms in total. The Morgan fingerprint density at radius 1 is 1.12 bits per heavy atom. The summed E-state index contributed by atoms with van der Waals surface area (Å²) in [6.45, 7) is 0.862. The molecule has 1 fully saturated rings. The fourth-order valence-corrected chi connectivity index (χ4v) is 4.57. The van der Waals surface area contributed by atoms with Crippen LogP contribution in [0.5, 0.6) is 0 Å². The SMILES string of the molecule is NC(=O)C1CN(C(=O)c2c3c(nc4ccccc24)/C(=C\c2ccc(Cl)cc2)CC3)CCO1. The number of rotatable bonds is 3. The molecular formula is C25H22ClN3O3. The van der Waals surface area contributed by atoms with Crippen LogP contribution in [-0.4, -0.2) is 47.5 Å². The Morgan fingerprint density at radius 3 is 2.69 bits per heavy atom. The number of hydrogen-bond donors (Lipinski definition) is 1. The van der Waals surface area contributed by atoms with Crippen LogP contribution in [0.15, 0.2) is 48.5 Å². The number of para-hydroxylation sites is 1. The topological polar surface area (TPSA) is 85.5 Å². The molecule has 1 aliphatic heterocycles. The lowest BCUT2D eigenvalue weighted by Gasteiger charge is -2.32. The van der Waals surface area contributed by atoms with Gasteiger partial charge < -0.3 is 15.4 Å². The largest absolute Gasteiger partial charge is 0.367 e. The van der Waals surface area contributed by atoms with Gasteiger partial charge in [0.2, 0.25) is 5.91 Å². The van der Waals surface area contributed by atoms with Crippen molar-refractivity contribution in [2.24, 2.45) is 5.73 Å². The molecule has 1 unspecified atom stereocenters. The van der Waals surface area contributed by atoms with Crippen molar-refractivity contribution < 1.29 is 14.3 Å². The first-order valence-corrected chi connectivity index (χ1v) is 11.0. The van der Waals surface area contributed by atoms with Gasteiger partial charge in [0.25, 0.3) is 5.91 Å². The third-order valence-corrected chi connectivity index (χ3v) is 6.29. The van der Waals surface area contributed by atoms with Crippen molar-refractivity contribution in [1.29, 1.82) is 0 Å². The number of fused-ring (bicyclic) bond motifs is 2. The molecule has 0 saturated carbocycles. The first-order chi connectivity index (χ1) is 15.5. The molecule has 2 N–H and O–H groups in total. The zero-order valence-electron chi connectivity index (χ0n) is 17.4. The molecule has 2 aliphatic rings. The van der Waals surface area contributed by atoms with Crippen LogP contribution in [0.4, 0.5) is 0 Å². The van der Waals surface area contributed by atoms with Crippen LogP contribution < -0.4 is 5.73 Å². The molecule has 1 aromatic heterocycles. The number of nitrogens with two attached hydrogens (primary N) is 1. The number of carbonyl (C=O) groups is 2. The molecule has 1 aliphatic carbocycles. The number of primary amides is 1. The second-order valence-corrected chi connectivity index (χ2v) is 8.50. The molecule has 5 rings (SSSR count). The highest BCUT2D eigenvalue weighted by Crippen LogP contribution is 2.38. The number of allylic oxidation sites excluding steroid dienone is 1. The summed E-state index contributed by atoms with van der Waals surface area (Å²) in [7, 11) is 0. The van der Waals surface area contributed by atoms with E-state index in [1.165, 1.54) is 0 Å². The van der Waals surface area contributed by atoms with Crippen LogP contribution in [0.1, 0.15) is 33.6 Å². The van der Waals surface area contributed by atoms with Crippen molar-refractivity contribution in [1.82, 2.24) is 9.88 Å². The molecule has 1 atom stereocenters. The second kappa shape index (κ2) is 8.37. The summed E-state index contributed by atoms with van der Waals surface area (Å²) in [5, 5.41) is 1.52. The molecular weight excluding hydrogens is 426 g/mol. The monoisotopic (exact) mass is 447 g/mol. The van der Waals surface area contributed by atoms with Gasteiger partial charge in [-0.3, -0.25) is 9.59 Å². The van der Waals surface area contributed by atoms with Gasteiger partial charge in [0.05, 0.1) is 29.9 Å². The fourth-order valence-electron chi connectivity index (χ4n) is 4.45. The quantitative estimate of drug-likeness (QED) is 0.663. The summed E-state index contributed by atoms with van der Waals surface area (Å²) in [6, 6.07) is 15.4. The first kappa shape index (κ1) is 20.7. The van der Waals surface area contributed by atoms with Crippen LogP contribution in [-0.2, 0) is 16.0 Å². The first-order valence-electron chi connectivity index (χ1n) is 10.6. The minimum absolute atomic E-state index is 0.109. The van der Waals surface area contributed by atoms with Gasteiger partial charge in [0.15, 0.2) is 6.10 Å². The Kier molecular flexibility index (Phi) is 5.41. The summed E-state index contributed by atoms with van der Waals surface area (Å²) in [6.07, 6.45) is 2.86. The van der Waals surface area contributed by atoms with E-state index in [1.807, 2.05) is 48.5 Å².